The molecule has 7 nitrogen and oxygen atoms in total. The van der Waals surface area contributed by atoms with Crippen molar-refractivity contribution in [1.29, 1.82) is 0 Å². The molecule has 2 fully saturated rings. The summed E-state index contributed by atoms with van der Waals surface area (Å²) in [6.45, 7) is 1.18. The number of sulfonamides is 1. The molecule has 2 heterocycles. The Kier molecular flexibility index (Phi) is 6.67. The summed E-state index contributed by atoms with van der Waals surface area (Å²) in [4.78, 5) is 19.6. The van der Waals surface area contributed by atoms with Gasteiger partial charge in [0.25, 0.3) is 0 Å². The van der Waals surface area contributed by atoms with E-state index in [1.807, 2.05) is 29.6 Å². The van der Waals surface area contributed by atoms with Crippen molar-refractivity contribution < 1.29 is 13.2 Å². The molecule has 1 saturated heterocycles. The van der Waals surface area contributed by atoms with Crippen LogP contribution in [0.3, 0.4) is 0 Å². The van der Waals surface area contributed by atoms with E-state index in [4.69, 9.17) is 0 Å². The van der Waals surface area contributed by atoms with E-state index in [1.54, 1.807) is 16.4 Å². The standard InChI is InChI=1S/C23H34N4O3S/c1-25(18-9-5-3-6-10-18)23(28)14-13-22-24-20-17-19(11-12-21(20)26(22)2)31(29,30)27-15-7-4-8-16-27/h11-12,17-18H,3-10,13-16H2,1-2H3. The molecule has 1 aromatic heterocycles. The topological polar surface area (TPSA) is 75.5 Å². The highest BCUT2D eigenvalue weighted by molar-refractivity contribution is 7.89. The lowest BCUT2D eigenvalue weighted by Crippen LogP contribution is -2.38. The second-order valence-electron chi connectivity index (χ2n) is 9.00. The Morgan fingerprint density at radius 2 is 1.77 bits per heavy atom. The molecule has 1 aliphatic heterocycles. The lowest BCUT2D eigenvalue weighted by molar-refractivity contribution is -0.132. The number of carbonyl (C=O) groups is 1. The van der Waals surface area contributed by atoms with E-state index >= 15 is 0 Å². The van der Waals surface area contributed by atoms with Crippen LogP contribution in [-0.2, 0) is 28.3 Å². The fourth-order valence-electron chi connectivity index (χ4n) is 4.93. The summed E-state index contributed by atoms with van der Waals surface area (Å²) in [6.07, 6.45) is 9.77. The highest BCUT2D eigenvalue weighted by Crippen LogP contribution is 2.25. The average Bonchev–Trinajstić information content (AvgIpc) is 3.13. The number of rotatable bonds is 6. The average molecular weight is 447 g/mol. The number of fused-ring (bicyclic) bond motifs is 1. The van der Waals surface area contributed by atoms with E-state index in [2.05, 4.69) is 4.98 Å². The molecule has 0 spiro atoms. The van der Waals surface area contributed by atoms with Crippen LogP contribution in [-0.4, -0.2) is 59.3 Å². The molecule has 170 valence electrons. The Labute approximate surface area is 185 Å². The molecule has 0 atom stereocenters. The van der Waals surface area contributed by atoms with Gasteiger partial charge in [-0.2, -0.15) is 4.31 Å². The van der Waals surface area contributed by atoms with Crippen LogP contribution in [0.25, 0.3) is 11.0 Å². The summed E-state index contributed by atoms with van der Waals surface area (Å²) in [5.74, 6) is 0.972. The number of benzene rings is 1. The molecule has 2 aromatic rings. The fourth-order valence-corrected chi connectivity index (χ4v) is 6.47. The molecule has 1 aliphatic carbocycles. The number of carbonyl (C=O) groups excluding carboxylic acids is 1. The number of aryl methyl sites for hydroxylation is 2. The zero-order valence-corrected chi connectivity index (χ0v) is 19.5. The molecule has 8 heteroatoms. The summed E-state index contributed by atoms with van der Waals surface area (Å²) < 4.78 is 29.6. The van der Waals surface area contributed by atoms with Crippen molar-refractivity contribution in [3.8, 4) is 0 Å². The normalized spacial score (nSPS) is 19.0. The van der Waals surface area contributed by atoms with Crippen LogP contribution in [0.15, 0.2) is 23.1 Å². The molecule has 1 saturated carbocycles. The third-order valence-corrected chi connectivity index (χ3v) is 8.87. The van der Waals surface area contributed by atoms with Gasteiger partial charge in [0.15, 0.2) is 0 Å². The second-order valence-corrected chi connectivity index (χ2v) is 10.9. The third kappa shape index (κ3) is 4.65. The fraction of sp³-hybridized carbons (Fsp3) is 0.652. The lowest BCUT2D eigenvalue weighted by atomic mass is 9.94. The van der Waals surface area contributed by atoms with Crippen LogP contribution in [0.1, 0.15) is 63.6 Å². The van der Waals surface area contributed by atoms with Gasteiger partial charge < -0.3 is 9.47 Å². The van der Waals surface area contributed by atoms with Crippen molar-refractivity contribution in [3.63, 3.8) is 0 Å². The number of imidazole rings is 1. The van der Waals surface area contributed by atoms with E-state index in [0.29, 0.717) is 42.4 Å². The lowest BCUT2D eigenvalue weighted by Gasteiger charge is -2.31. The molecular formula is C23H34N4O3S. The number of piperidine rings is 1. The van der Waals surface area contributed by atoms with Crippen LogP contribution < -0.4 is 0 Å². The molecular weight excluding hydrogens is 412 g/mol. The van der Waals surface area contributed by atoms with Crippen molar-refractivity contribution >= 4 is 27.0 Å². The minimum atomic E-state index is -3.48. The monoisotopic (exact) mass is 446 g/mol. The van der Waals surface area contributed by atoms with E-state index in [1.165, 1.54) is 19.3 Å². The predicted molar refractivity (Wildman–Crippen MR) is 121 cm³/mol. The third-order valence-electron chi connectivity index (χ3n) is 6.98. The van der Waals surface area contributed by atoms with E-state index in [0.717, 1.165) is 43.4 Å². The van der Waals surface area contributed by atoms with Crippen LogP contribution >= 0.6 is 0 Å². The molecule has 1 amide bonds. The molecule has 0 radical (unpaired) electrons. The highest BCUT2D eigenvalue weighted by atomic mass is 32.2. The Hall–Kier alpha value is -1.93. The SMILES string of the molecule is CN(C(=O)CCc1nc2cc(S(=O)(=O)N3CCCCC3)ccc2n1C)C1CCCCC1. The first kappa shape index (κ1) is 22.3. The molecule has 0 N–H and O–H groups in total. The van der Waals surface area contributed by atoms with Crippen molar-refractivity contribution in [2.24, 2.45) is 7.05 Å². The molecule has 0 bridgehead atoms. The Morgan fingerprint density at radius 1 is 1.10 bits per heavy atom. The van der Waals surface area contributed by atoms with Gasteiger partial charge in [0, 0.05) is 46.1 Å². The Morgan fingerprint density at radius 3 is 2.48 bits per heavy atom. The summed E-state index contributed by atoms with van der Waals surface area (Å²) in [5, 5.41) is 0. The smallest absolute Gasteiger partial charge is 0.243 e. The molecule has 4 rings (SSSR count). The van der Waals surface area contributed by atoms with Gasteiger partial charge >= 0.3 is 0 Å². The van der Waals surface area contributed by atoms with Crippen molar-refractivity contribution in [2.45, 2.75) is 75.1 Å². The maximum atomic E-state index is 13.0. The summed E-state index contributed by atoms with van der Waals surface area (Å²) in [6, 6.07) is 5.56. The molecule has 1 aromatic carbocycles. The first-order valence-corrected chi connectivity index (χ1v) is 13.0. The van der Waals surface area contributed by atoms with Gasteiger partial charge in [-0.3, -0.25) is 4.79 Å². The van der Waals surface area contributed by atoms with Gasteiger partial charge in [0.1, 0.15) is 5.82 Å². The minimum Gasteiger partial charge on any atom is -0.343 e. The van der Waals surface area contributed by atoms with E-state index in [-0.39, 0.29) is 5.91 Å². The number of hydrogen-bond acceptors (Lipinski definition) is 4. The molecule has 0 unspecified atom stereocenters. The van der Waals surface area contributed by atoms with E-state index in [9.17, 15) is 13.2 Å². The van der Waals surface area contributed by atoms with Crippen LogP contribution in [0, 0.1) is 0 Å². The Bertz CT molecular complexity index is 1030. The van der Waals surface area contributed by atoms with Crippen molar-refractivity contribution in [2.75, 3.05) is 20.1 Å². The zero-order chi connectivity index (χ0) is 22.0. The Balaban J connectivity index is 1.48. The number of amides is 1. The van der Waals surface area contributed by atoms with Crippen LogP contribution in [0.2, 0.25) is 0 Å². The number of hydrogen-bond donors (Lipinski definition) is 0. The van der Waals surface area contributed by atoms with Gasteiger partial charge in [0.05, 0.1) is 15.9 Å². The summed E-state index contributed by atoms with van der Waals surface area (Å²) in [5.41, 5.74) is 1.56. The summed E-state index contributed by atoms with van der Waals surface area (Å²) in [7, 11) is 0.368. The van der Waals surface area contributed by atoms with Crippen LogP contribution in [0.4, 0.5) is 0 Å². The first-order chi connectivity index (χ1) is 14.9. The van der Waals surface area contributed by atoms with Gasteiger partial charge in [-0.1, -0.05) is 25.7 Å². The summed E-state index contributed by atoms with van der Waals surface area (Å²) >= 11 is 0. The van der Waals surface area contributed by atoms with E-state index < -0.39 is 10.0 Å². The minimum absolute atomic E-state index is 0.160. The second kappa shape index (κ2) is 9.28. The van der Waals surface area contributed by atoms with Gasteiger partial charge in [-0.05, 0) is 43.9 Å². The van der Waals surface area contributed by atoms with Crippen molar-refractivity contribution in [3.05, 3.63) is 24.0 Å². The highest BCUT2D eigenvalue weighted by Gasteiger charge is 2.27. The number of nitrogens with zero attached hydrogens (tertiary/aromatic N) is 4. The largest absolute Gasteiger partial charge is 0.343 e. The maximum absolute atomic E-state index is 13.0. The maximum Gasteiger partial charge on any atom is 0.243 e. The quantitative estimate of drug-likeness (QED) is 0.681. The molecule has 31 heavy (non-hydrogen) atoms. The number of aromatic nitrogens is 2. The molecule has 2 aliphatic rings. The van der Waals surface area contributed by atoms with Gasteiger partial charge in [0.2, 0.25) is 15.9 Å². The van der Waals surface area contributed by atoms with Crippen LogP contribution in [0.5, 0.6) is 0 Å². The predicted octanol–water partition coefficient (Wildman–Crippen LogP) is 3.47. The van der Waals surface area contributed by atoms with Gasteiger partial charge in [-0.25, -0.2) is 13.4 Å². The van der Waals surface area contributed by atoms with Gasteiger partial charge in [-0.15, -0.1) is 0 Å². The first-order valence-electron chi connectivity index (χ1n) is 11.6. The van der Waals surface area contributed by atoms with Crippen molar-refractivity contribution in [1.82, 2.24) is 18.8 Å². The zero-order valence-electron chi connectivity index (χ0n) is 18.7.